The highest BCUT2D eigenvalue weighted by Gasteiger charge is 2.27. The van der Waals surface area contributed by atoms with E-state index in [9.17, 15) is 4.79 Å². The minimum Gasteiger partial charge on any atom is -0.345 e. The van der Waals surface area contributed by atoms with E-state index in [0.29, 0.717) is 23.7 Å². The van der Waals surface area contributed by atoms with Gasteiger partial charge in [-0.05, 0) is 24.5 Å². The summed E-state index contributed by atoms with van der Waals surface area (Å²) in [5.74, 6) is -0.149. The van der Waals surface area contributed by atoms with Crippen LogP contribution in [0.25, 0.3) is 0 Å². The van der Waals surface area contributed by atoms with Crippen molar-refractivity contribution in [2.24, 2.45) is 5.73 Å². The van der Waals surface area contributed by atoms with Crippen LogP contribution in [-0.4, -0.2) is 27.8 Å². The zero-order valence-corrected chi connectivity index (χ0v) is 15.5. The number of carbonyl (C=O) groups is 1. The molecule has 0 spiro atoms. The van der Waals surface area contributed by atoms with Gasteiger partial charge in [-0.3, -0.25) is 9.48 Å². The van der Waals surface area contributed by atoms with Crippen LogP contribution in [0.3, 0.4) is 0 Å². The highest BCUT2D eigenvalue weighted by molar-refractivity contribution is 6.31. The quantitative estimate of drug-likeness (QED) is 0.785. The molecule has 7 heteroatoms. The minimum atomic E-state index is -0.359. The Hall–Kier alpha value is -1.56. The van der Waals surface area contributed by atoms with E-state index in [1.807, 2.05) is 38.1 Å². The van der Waals surface area contributed by atoms with Crippen LogP contribution in [0.5, 0.6) is 0 Å². The first-order valence-electron chi connectivity index (χ1n) is 7.82. The van der Waals surface area contributed by atoms with E-state index in [1.165, 1.54) is 0 Å². The summed E-state index contributed by atoms with van der Waals surface area (Å²) in [4.78, 5) is 12.4. The van der Waals surface area contributed by atoms with Gasteiger partial charge in [-0.15, -0.1) is 12.4 Å². The van der Waals surface area contributed by atoms with Crippen LogP contribution in [0.1, 0.15) is 42.6 Å². The summed E-state index contributed by atoms with van der Waals surface area (Å²) in [5, 5.41) is 7.98. The predicted molar refractivity (Wildman–Crippen MR) is 99.9 cm³/mol. The first kappa shape index (κ1) is 20.5. The smallest absolute Gasteiger partial charge is 0.254 e. The maximum Gasteiger partial charge on any atom is 0.254 e. The van der Waals surface area contributed by atoms with E-state index in [2.05, 4.69) is 10.4 Å². The molecule has 0 radical (unpaired) electrons. The average molecular weight is 371 g/mol. The summed E-state index contributed by atoms with van der Waals surface area (Å²) in [6.07, 6.45) is 4.88. The first-order chi connectivity index (χ1) is 11.0. The van der Waals surface area contributed by atoms with E-state index >= 15 is 0 Å². The third-order valence-electron chi connectivity index (χ3n) is 4.31. The lowest BCUT2D eigenvalue weighted by molar-refractivity contribution is 0.0895. The van der Waals surface area contributed by atoms with Crippen molar-refractivity contribution >= 4 is 29.9 Å². The number of aromatic nitrogens is 2. The van der Waals surface area contributed by atoms with Crippen LogP contribution in [-0.2, 0) is 6.54 Å². The molecule has 1 heterocycles. The fourth-order valence-electron chi connectivity index (χ4n) is 2.45. The molecular formula is C17H24Cl2N4O. The van der Waals surface area contributed by atoms with Crippen LogP contribution in [0.15, 0.2) is 36.7 Å². The predicted octanol–water partition coefficient (Wildman–Crippen LogP) is 3.25. The minimum absolute atomic E-state index is 0. The van der Waals surface area contributed by atoms with Gasteiger partial charge in [0.2, 0.25) is 0 Å². The van der Waals surface area contributed by atoms with Gasteiger partial charge in [0.05, 0.1) is 23.8 Å². The summed E-state index contributed by atoms with van der Waals surface area (Å²) in [7, 11) is 0. The molecule has 3 N–H and O–H groups in total. The Labute approximate surface area is 154 Å². The summed E-state index contributed by atoms with van der Waals surface area (Å²) >= 11 is 6.15. The number of rotatable bonds is 7. The summed E-state index contributed by atoms with van der Waals surface area (Å²) in [6, 6.07) is 7.59. The van der Waals surface area contributed by atoms with E-state index < -0.39 is 0 Å². The first-order valence-corrected chi connectivity index (χ1v) is 8.20. The van der Waals surface area contributed by atoms with Gasteiger partial charge in [0.1, 0.15) is 0 Å². The fourth-order valence-corrected chi connectivity index (χ4v) is 2.64. The number of hydrogen-bond donors (Lipinski definition) is 2. The monoisotopic (exact) mass is 370 g/mol. The molecule has 5 nitrogen and oxygen atoms in total. The molecular weight excluding hydrogens is 347 g/mol. The van der Waals surface area contributed by atoms with Crippen LogP contribution in [0.4, 0.5) is 0 Å². The van der Waals surface area contributed by atoms with Gasteiger partial charge < -0.3 is 11.1 Å². The van der Waals surface area contributed by atoms with Crippen molar-refractivity contribution in [3.05, 3.63) is 52.8 Å². The van der Waals surface area contributed by atoms with Crippen molar-refractivity contribution in [2.75, 3.05) is 6.54 Å². The highest BCUT2D eigenvalue weighted by atomic mass is 35.5. The molecule has 132 valence electrons. The molecule has 0 bridgehead atoms. The lowest BCUT2D eigenvalue weighted by atomic mass is 9.92. The summed E-state index contributed by atoms with van der Waals surface area (Å²) in [5.41, 5.74) is 6.96. The van der Waals surface area contributed by atoms with Gasteiger partial charge in [-0.25, -0.2) is 0 Å². The molecule has 1 amide bonds. The maximum absolute atomic E-state index is 12.4. The molecule has 2 rings (SSSR count). The number of carbonyl (C=O) groups excluding carboxylic acids is 1. The molecule has 0 aliphatic carbocycles. The van der Waals surface area contributed by atoms with Crippen molar-refractivity contribution < 1.29 is 4.79 Å². The largest absolute Gasteiger partial charge is 0.345 e. The molecule has 0 aliphatic heterocycles. The molecule has 24 heavy (non-hydrogen) atoms. The van der Waals surface area contributed by atoms with E-state index in [4.69, 9.17) is 17.3 Å². The third kappa shape index (κ3) is 4.72. The van der Waals surface area contributed by atoms with Gasteiger partial charge in [-0.1, -0.05) is 43.6 Å². The second-order valence-corrected chi connectivity index (χ2v) is 6.07. The van der Waals surface area contributed by atoms with E-state index in [-0.39, 0.29) is 23.9 Å². The van der Waals surface area contributed by atoms with Crippen LogP contribution >= 0.6 is 24.0 Å². The Morgan fingerprint density at radius 1 is 1.33 bits per heavy atom. The van der Waals surface area contributed by atoms with Crippen molar-refractivity contribution in [3.8, 4) is 0 Å². The second kappa shape index (κ2) is 9.06. The number of nitrogens with one attached hydrogen (secondary N) is 1. The van der Waals surface area contributed by atoms with Gasteiger partial charge in [0.15, 0.2) is 0 Å². The molecule has 0 saturated carbocycles. The Morgan fingerprint density at radius 2 is 2.00 bits per heavy atom. The molecule has 2 aromatic rings. The molecule has 0 unspecified atom stereocenters. The Morgan fingerprint density at radius 3 is 2.58 bits per heavy atom. The zero-order chi connectivity index (χ0) is 16.9. The van der Waals surface area contributed by atoms with E-state index in [1.54, 1.807) is 17.1 Å². The van der Waals surface area contributed by atoms with Gasteiger partial charge in [-0.2, -0.15) is 5.10 Å². The standard InChI is InChI=1S/C17H23ClN4O.ClH/c1-3-17(4-2,12-19)21-16(23)14-9-20-22(11-14)10-13-7-5-6-8-15(13)18;/h5-9,11H,3-4,10,12,19H2,1-2H3,(H,21,23);1H. The topological polar surface area (TPSA) is 72.9 Å². The summed E-state index contributed by atoms with van der Waals surface area (Å²) < 4.78 is 1.71. The number of benzene rings is 1. The number of amides is 1. The normalized spacial score (nSPS) is 11.0. The molecule has 1 aromatic carbocycles. The maximum atomic E-state index is 12.4. The number of nitrogens with two attached hydrogens (primary N) is 1. The lowest BCUT2D eigenvalue weighted by Gasteiger charge is -2.31. The van der Waals surface area contributed by atoms with Crippen LogP contribution in [0, 0.1) is 0 Å². The number of hydrogen-bond acceptors (Lipinski definition) is 3. The Balaban J connectivity index is 0.00000288. The van der Waals surface area contributed by atoms with Crippen LogP contribution in [0.2, 0.25) is 5.02 Å². The SMILES string of the molecule is CCC(CC)(CN)NC(=O)c1cnn(Cc2ccccc2Cl)c1.Cl. The van der Waals surface area contributed by atoms with Gasteiger partial charge >= 0.3 is 0 Å². The molecule has 0 atom stereocenters. The third-order valence-corrected chi connectivity index (χ3v) is 4.68. The summed E-state index contributed by atoms with van der Waals surface area (Å²) in [6.45, 7) is 4.99. The van der Waals surface area contributed by atoms with Gasteiger partial charge in [0, 0.05) is 17.8 Å². The highest BCUT2D eigenvalue weighted by Crippen LogP contribution is 2.17. The van der Waals surface area contributed by atoms with Crippen molar-refractivity contribution in [1.29, 1.82) is 0 Å². The molecule has 1 aromatic heterocycles. The number of halogens is 2. The molecule has 0 saturated heterocycles. The average Bonchev–Trinajstić information content (AvgIpc) is 3.03. The van der Waals surface area contributed by atoms with Gasteiger partial charge in [0.25, 0.3) is 5.91 Å². The molecule has 0 aliphatic rings. The zero-order valence-electron chi connectivity index (χ0n) is 14.0. The lowest BCUT2D eigenvalue weighted by Crippen LogP contribution is -2.52. The Bertz CT molecular complexity index is 660. The van der Waals surface area contributed by atoms with E-state index in [0.717, 1.165) is 18.4 Å². The second-order valence-electron chi connectivity index (χ2n) is 5.66. The van der Waals surface area contributed by atoms with Crippen molar-refractivity contribution in [1.82, 2.24) is 15.1 Å². The van der Waals surface area contributed by atoms with Crippen LogP contribution < -0.4 is 11.1 Å². The number of nitrogens with zero attached hydrogens (tertiary/aromatic N) is 2. The molecule has 0 fully saturated rings. The fraction of sp³-hybridized carbons (Fsp3) is 0.412. The van der Waals surface area contributed by atoms with Crippen molar-refractivity contribution in [2.45, 2.75) is 38.8 Å². The van der Waals surface area contributed by atoms with Crippen molar-refractivity contribution in [3.63, 3.8) is 0 Å². The Kier molecular flexibility index (Phi) is 7.73.